The van der Waals surface area contributed by atoms with Crippen molar-refractivity contribution in [2.75, 3.05) is 21.3 Å². The summed E-state index contributed by atoms with van der Waals surface area (Å²) in [5, 5.41) is 10.0. The summed E-state index contributed by atoms with van der Waals surface area (Å²) >= 11 is 0. The second-order valence-electron chi connectivity index (χ2n) is 4.31. The molecule has 1 rings (SSSR count). The van der Waals surface area contributed by atoms with Gasteiger partial charge in [0.25, 0.3) is 0 Å². The zero-order valence-electron chi connectivity index (χ0n) is 12.4. The fourth-order valence-corrected chi connectivity index (χ4v) is 2.07. The Hall–Kier alpha value is -1.17. The van der Waals surface area contributed by atoms with Gasteiger partial charge in [-0.3, -0.25) is 0 Å². The zero-order valence-corrected chi connectivity index (χ0v) is 13.2. The van der Waals surface area contributed by atoms with Crippen molar-refractivity contribution in [2.24, 2.45) is 5.73 Å². The van der Waals surface area contributed by atoms with E-state index < -0.39 is 12.1 Å². The first-order valence-electron chi connectivity index (χ1n) is 6.33. The minimum absolute atomic E-state index is 0. The van der Waals surface area contributed by atoms with Gasteiger partial charge in [0.1, 0.15) is 0 Å². The molecule has 0 bridgehead atoms. The molecule has 0 saturated carbocycles. The third kappa shape index (κ3) is 3.91. The molecule has 0 fully saturated rings. The molecule has 6 heteroatoms. The predicted octanol–water partition coefficient (Wildman–Crippen LogP) is 2.30. The van der Waals surface area contributed by atoms with E-state index in [1.165, 1.54) is 7.11 Å². The molecule has 0 unspecified atom stereocenters. The van der Waals surface area contributed by atoms with Gasteiger partial charge in [-0.25, -0.2) is 0 Å². The fraction of sp³-hybridized carbons (Fsp3) is 0.571. The standard InChI is InChI=1S/C14H23NO4.ClH/c1-5-6-10(16)12(15)9-7-8-11(17-2)14(19-4)13(9)18-3;/h7-8,10,12,16H,5-6,15H2,1-4H3;1H/t10-,12+;/m0./s1. The Labute approximate surface area is 126 Å². The van der Waals surface area contributed by atoms with Crippen LogP contribution in [0.5, 0.6) is 17.2 Å². The van der Waals surface area contributed by atoms with Crippen LogP contribution < -0.4 is 19.9 Å². The number of methoxy groups -OCH3 is 3. The van der Waals surface area contributed by atoms with Crippen LogP contribution in [0.25, 0.3) is 0 Å². The summed E-state index contributed by atoms with van der Waals surface area (Å²) in [5.74, 6) is 1.56. The van der Waals surface area contributed by atoms with Crippen molar-refractivity contribution in [3.8, 4) is 17.2 Å². The molecule has 20 heavy (non-hydrogen) atoms. The Morgan fingerprint density at radius 1 is 1.10 bits per heavy atom. The van der Waals surface area contributed by atoms with Gasteiger partial charge >= 0.3 is 0 Å². The van der Waals surface area contributed by atoms with Crippen molar-refractivity contribution >= 4 is 12.4 Å². The van der Waals surface area contributed by atoms with Gasteiger partial charge in [0, 0.05) is 5.56 Å². The van der Waals surface area contributed by atoms with Crippen molar-refractivity contribution in [3.63, 3.8) is 0 Å². The Bertz CT molecular complexity index is 414. The second kappa shape index (κ2) is 8.89. The van der Waals surface area contributed by atoms with Crippen LogP contribution in [-0.2, 0) is 0 Å². The summed E-state index contributed by atoms with van der Waals surface area (Å²) in [6, 6.07) is 3.04. The van der Waals surface area contributed by atoms with Crippen LogP contribution in [0.3, 0.4) is 0 Å². The van der Waals surface area contributed by atoms with E-state index in [0.717, 1.165) is 6.42 Å². The van der Waals surface area contributed by atoms with E-state index in [0.29, 0.717) is 29.2 Å². The Balaban J connectivity index is 0.00000361. The zero-order chi connectivity index (χ0) is 14.4. The van der Waals surface area contributed by atoms with Crippen molar-refractivity contribution in [1.82, 2.24) is 0 Å². The fourth-order valence-electron chi connectivity index (χ4n) is 2.07. The number of ether oxygens (including phenoxy) is 3. The third-order valence-electron chi connectivity index (χ3n) is 3.09. The normalized spacial score (nSPS) is 13.1. The average molecular weight is 306 g/mol. The summed E-state index contributed by atoms with van der Waals surface area (Å²) < 4.78 is 15.9. The Morgan fingerprint density at radius 2 is 1.70 bits per heavy atom. The molecule has 3 N–H and O–H groups in total. The summed E-state index contributed by atoms with van der Waals surface area (Å²) in [6.45, 7) is 2.00. The molecule has 0 aliphatic heterocycles. The topological polar surface area (TPSA) is 73.9 Å². The number of hydrogen-bond donors (Lipinski definition) is 2. The lowest BCUT2D eigenvalue weighted by atomic mass is 9.97. The largest absolute Gasteiger partial charge is 0.493 e. The minimum Gasteiger partial charge on any atom is -0.493 e. The van der Waals surface area contributed by atoms with Gasteiger partial charge in [0.15, 0.2) is 11.5 Å². The van der Waals surface area contributed by atoms with Crippen LogP contribution >= 0.6 is 12.4 Å². The molecule has 1 aromatic rings. The minimum atomic E-state index is -0.614. The molecule has 0 spiro atoms. The maximum absolute atomic E-state index is 10.0. The molecule has 0 aliphatic rings. The molecule has 0 heterocycles. The molecule has 0 aliphatic carbocycles. The molecule has 5 nitrogen and oxygen atoms in total. The summed E-state index contributed by atoms with van der Waals surface area (Å²) in [5.41, 5.74) is 6.80. The van der Waals surface area contributed by atoms with Crippen LogP contribution in [0.1, 0.15) is 31.4 Å². The first kappa shape index (κ1) is 18.8. The highest BCUT2D eigenvalue weighted by Gasteiger charge is 2.24. The van der Waals surface area contributed by atoms with Gasteiger partial charge < -0.3 is 25.1 Å². The van der Waals surface area contributed by atoms with Gasteiger partial charge in [-0.2, -0.15) is 0 Å². The van der Waals surface area contributed by atoms with Crippen LogP contribution in [-0.4, -0.2) is 32.5 Å². The van der Waals surface area contributed by atoms with Gasteiger partial charge in [-0.15, -0.1) is 12.4 Å². The highest BCUT2D eigenvalue weighted by Crippen LogP contribution is 2.42. The monoisotopic (exact) mass is 305 g/mol. The van der Waals surface area contributed by atoms with Crippen molar-refractivity contribution in [1.29, 1.82) is 0 Å². The smallest absolute Gasteiger partial charge is 0.203 e. The second-order valence-corrected chi connectivity index (χ2v) is 4.31. The number of nitrogens with two attached hydrogens (primary N) is 1. The van der Waals surface area contributed by atoms with Gasteiger partial charge in [0.05, 0.1) is 33.5 Å². The van der Waals surface area contributed by atoms with Crippen LogP contribution in [0.4, 0.5) is 0 Å². The molecule has 1 aromatic carbocycles. The highest BCUT2D eigenvalue weighted by molar-refractivity contribution is 5.85. The molecular formula is C14H24ClNO4. The maximum atomic E-state index is 10.0. The highest BCUT2D eigenvalue weighted by atomic mass is 35.5. The molecule has 2 atom stereocenters. The Morgan fingerprint density at radius 3 is 2.15 bits per heavy atom. The quantitative estimate of drug-likeness (QED) is 0.808. The Kier molecular flexibility index (Phi) is 8.37. The molecule has 0 aromatic heterocycles. The lowest BCUT2D eigenvalue weighted by Crippen LogP contribution is -2.26. The van der Waals surface area contributed by atoms with E-state index in [1.54, 1.807) is 26.4 Å². The van der Waals surface area contributed by atoms with Crippen LogP contribution in [0.15, 0.2) is 12.1 Å². The van der Waals surface area contributed by atoms with Crippen LogP contribution in [0, 0.1) is 0 Å². The lowest BCUT2D eigenvalue weighted by molar-refractivity contribution is 0.132. The summed E-state index contributed by atoms with van der Waals surface area (Å²) in [6.07, 6.45) is 0.889. The van der Waals surface area contributed by atoms with Crippen molar-refractivity contribution < 1.29 is 19.3 Å². The number of aliphatic hydroxyl groups excluding tert-OH is 1. The van der Waals surface area contributed by atoms with E-state index in [-0.39, 0.29) is 12.4 Å². The first-order chi connectivity index (χ1) is 9.10. The van der Waals surface area contributed by atoms with Crippen molar-refractivity contribution in [3.05, 3.63) is 17.7 Å². The van der Waals surface area contributed by atoms with E-state index in [2.05, 4.69) is 0 Å². The predicted molar refractivity (Wildman–Crippen MR) is 81.2 cm³/mol. The van der Waals surface area contributed by atoms with E-state index >= 15 is 0 Å². The number of rotatable bonds is 7. The van der Waals surface area contributed by atoms with Gasteiger partial charge in [0.2, 0.25) is 5.75 Å². The van der Waals surface area contributed by atoms with E-state index in [1.807, 2.05) is 6.92 Å². The number of aliphatic hydroxyl groups is 1. The molecule has 0 saturated heterocycles. The maximum Gasteiger partial charge on any atom is 0.203 e. The molecule has 116 valence electrons. The summed E-state index contributed by atoms with van der Waals surface area (Å²) in [7, 11) is 4.64. The lowest BCUT2D eigenvalue weighted by Gasteiger charge is -2.23. The van der Waals surface area contributed by atoms with E-state index in [4.69, 9.17) is 19.9 Å². The average Bonchev–Trinajstić information content (AvgIpc) is 2.44. The first-order valence-corrected chi connectivity index (χ1v) is 6.33. The SMILES string of the molecule is CCC[C@H](O)[C@H](N)c1ccc(OC)c(OC)c1OC.Cl. The van der Waals surface area contributed by atoms with Gasteiger partial charge in [-0.05, 0) is 18.6 Å². The number of benzene rings is 1. The third-order valence-corrected chi connectivity index (χ3v) is 3.09. The van der Waals surface area contributed by atoms with Crippen molar-refractivity contribution in [2.45, 2.75) is 31.9 Å². The molecule has 0 amide bonds. The van der Waals surface area contributed by atoms with E-state index in [9.17, 15) is 5.11 Å². The number of halogens is 1. The van der Waals surface area contributed by atoms with Crippen LogP contribution in [0.2, 0.25) is 0 Å². The summed E-state index contributed by atoms with van der Waals surface area (Å²) in [4.78, 5) is 0. The number of hydrogen-bond acceptors (Lipinski definition) is 5. The molecular weight excluding hydrogens is 282 g/mol. The van der Waals surface area contributed by atoms with Gasteiger partial charge in [-0.1, -0.05) is 13.3 Å². The molecule has 0 radical (unpaired) electrons.